The van der Waals surface area contributed by atoms with Crippen molar-refractivity contribution < 1.29 is 9.59 Å². The number of piperidine rings is 1. The van der Waals surface area contributed by atoms with E-state index in [0.29, 0.717) is 13.1 Å². The fourth-order valence-electron chi connectivity index (χ4n) is 2.54. The van der Waals surface area contributed by atoms with Crippen molar-refractivity contribution in [1.29, 1.82) is 0 Å². The lowest BCUT2D eigenvalue weighted by Gasteiger charge is -2.30. The van der Waals surface area contributed by atoms with Crippen molar-refractivity contribution in [1.82, 2.24) is 4.90 Å². The first-order chi connectivity index (χ1) is 9.56. The van der Waals surface area contributed by atoms with Gasteiger partial charge < -0.3 is 11.1 Å². The number of likely N-dealkylation sites (tertiary alicyclic amines) is 1. The summed E-state index contributed by atoms with van der Waals surface area (Å²) < 4.78 is 0. The first kappa shape index (κ1) is 14.5. The van der Waals surface area contributed by atoms with Crippen LogP contribution in [0, 0.1) is 12.8 Å². The summed E-state index contributed by atoms with van der Waals surface area (Å²) in [6.45, 7) is 3.68. The Morgan fingerprint density at radius 3 is 2.85 bits per heavy atom. The van der Waals surface area contributed by atoms with E-state index in [9.17, 15) is 9.59 Å². The Bertz CT molecular complexity index is 502. The van der Waals surface area contributed by atoms with Gasteiger partial charge in [0, 0.05) is 12.2 Å². The molecule has 3 N–H and O–H groups in total. The fraction of sp³-hybridized carbons (Fsp3) is 0.467. The second-order valence-electron chi connectivity index (χ2n) is 5.34. The molecule has 2 rings (SSSR count). The van der Waals surface area contributed by atoms with Crippen molar-refractivity contribution in [2.75, 3.05) is 25.0 Å². The maximum absolute atomic E-state index is 12.0. The number of para-hydroxylation sites is 1. The number of aryl methyl sites for hydroxylation is 1. The number of carbonyl (C=O) groups excluding carboxylic acids is 2. The van der Waals surface area contributed by atoms with Gasteiger partial charge in [0.2, 0.25) is 11.8 Å². The van der Waals surface area contributed by atoms with Gasteiger partial charge in [0.25, 0.3) is 0 Å². The molecule has 0 radical (unpaired) electrons. The van der Waals surface area contributed by atoms with Crippen LogP contribution in [0.3, 0.4) is 0 Å². The summed E-state index contributed by atoms with van der Waals surface area (Å²) in [7, 11) is 0. The van der Waals surface area contributed by atoms with Gasteiger partial charge in [-0.05, 0) is 37.9 Å². The Hall–Kier alpha value is -1.88. The largest absolute Gasteiger partial charge is 0.369 e. The second-order valence-corrected chi connectivity index (χ2v) is 5.34. The summed E-state index contributed by atoms with van der Waals surface area (Å²) in [5, 5.41) is 2.90. The summed E-state index contributed by atoms with van der Waals surface area (Å²) in [5.41, 5.74) is 7.21. The van der Waals surface area contributed by atoms with E-state index >= 15 is 0 Å². The molecule has 1 aliphatic heterocycles. The number of carbonyl (C=O) groups is 2. The summed E-state index contributed by atoms with van der Waals surface area (Å²) in [6, 6.07) is 7.68. The molecule has 1 saturated heterocycles. The lowest BCUT2D eigenvalue weighted by atomic mass is 9.97. The van der Waals surface area contributed by atoms with Crippen molar-refractivity contribution in [2.45, 2.75) is 19.8 Å². The molecule has 1 aromatic rings. The van der Waals surface area contributed by atoms with Crippen molar-refractivity contribution in [3.05, 3.63) is 29.8 Å². The van der Waals surface area contributed by atoms with Gasteiger partial charge in [-0.15, -0.1) is 0 Å². The SMILES string of the molecule is Cc1ccccc1NC(=O)CN1CCC[C@H](C(N)=O)C1. The van der Waals surface area contributed by atoms with E-state index in [2.05, 4.69) is 5.32 Å². The number of nitrogens with zero attached hydrogens (tertiary/aromatic N) is 1. The van der Waals surface area contributed by atoms with Gasteiger partial charge in [-0.25, -0.2) is 0 Å². The minimum Gasteiger partial charge on any atom is -0.369 e. The topological polar surface area (TPSA) is 75.4 Å². The Balaban J connectivity index is 1.88. The van der Waals surface area contributed by atoms with Crippen LogP contribution in [0.15, 0.2) is 24.3 Å². The summed E-state index contributed by atoms with van der Waals surface area (Å²) >= 11 is 0. The molecule has 1 atom stereocenters. The van der Waals surface area contributed by atoms with E-state index in [4.69, 9.17) is 5.73 Å². The number of nitrogens with one attached hydrogen (secondary N) is 1. The molecule has 1 aliphatic rings. The van der Waals surface area contributed by atoms with Crippen molar-refractivity contribution >= 4 is 17.5 Å². The maximum atomic E-state index is 12.0. The van der Waals surface area contributed by atoms with E-state index in [0.717, 1.165) is 30.6 Å². The average molecular weight is 275 g/mol. The van der Waals surface area contributed by atoms with E-state index in [-0.39, 0.29) is 17.7 Å². The zero-order valence-corrected chi connectivity index (χ0v) is 11.8. The molecule has 1 fully saturated rings. The van der Waals surface area contributed by atoms with Gasteiger partial charge >= 0.3 is 0 Å². The lowest BCUT2D eigenvalue weighted by molar-refractivity contribution is -0.125. The monoisotopic (exact) mass is 275 g/mol. The highest BCUT2D eigenvalue weighted by Gasteiger charge is 2.25. The van der Waals surface area contributed by atoms with Crippen LogP contribution < -0.4 is 11.1 Å². The Morgan fingerprint density at radius 1 is 1.40 bits per heavy atom. The van der Waals surface area contributed by atoms with Crippen molar-refractivity contribution in [3.63, 3.8) is 0 Å². The molecule has 5 heteroatoms. The van der Waals surface area contributed by atoms with E-state index in [1.54, 1.807) is 0 Å². The van der Waals surface area contributed by atoms with Crippen molar-refractivity contribution in [2.24, 2.45) is 11.7 Å². The van der Waals surface area contributed by atoms with Crippen LogP contribution in [-0.4, -0.2) is 36.3 Å². The Labute approximate surface area is 119 Å². The quantitative estimate of drug-likeness (QED) is 0.865. The molecule has 1 aromatic carbocycles. The van der Waals surface area contributed by atoms with Gasteiger partial charge in [-0.2, -0.15) is 0 Å². The first-order valence-electron chi connectivity index (χ1n) is 6.93. The zero-order valence-electron chi connectivity index (χ0n) is 11.8. The lowest BCUT2D eigenvalue weighted by Crippen LogP contribution is -2.44. The number of anilines is 1. The maximum Gasteiger partial charge on any atom is 0.238 e. The van der Waals surface area contributed by atoms with Gasteiger partial charge in [-0.3, -0.25) is 14.5 Å². The second kappa shape index (κ2) is 6.52. The smallest absolute Gasteiger partial charge is 0.238 e. The van der Waals surface area contributed by atoms with Gasteiger partial charge in [0.15, 0.2) is 0 Å². The van der Waals surface area contributed by atoms with Crippen LogP contribution in [0.2, 0.25) is 0 Å². The molecule has 5 nitrogen and oxygen atoms in total. The normalized spacial score (nSPS) is 19.6. The van der Waals surface area contributed by atoms with E-state index < -0.39 is 0 Å². The minimum atomic E-state index is -0.269. The third kappa shape index (κ3) is 3.81. The third-order valence-electron chi connectivity index (χ3n) is 3.69. The average Bonchev–Trinajstić information content (AvgIpc) is 2.41. The number of hydrogen-bond donors (Lipinski definition) is 2. The van der Waals surface area contributed by atoms with Crippen LogP contribution in [0.25, 0.3) is 0 Å². The minimum absolute atomic E-state index is 0.0515. The molecule has 108 valence electrons. The number of benzene rings is 1. The number of hydrogen-bond acceptors (Lipinski definition) is 3. The highest BCUT2D eigenvalue weighted by atomic mass is 16.2. The number of rotatable bonds is 4. The first-order valence-corrected chi connectivity index (χ1v) is 6.93. The van der Waals surface area contributed by atoms with Gasteiger partial charge in [0.1, 0.15) is 0 Å². The van der Waals surface area contributed by atoms with E-state index in [1.165, 1.54) is 0 Å². The molecule has 2 amide bonds. The van der Waals surface area contributed by atoms with Gasteiger partial charge in [0.05, 0.1) is 12.5 Å². The molecule has 0 saturated carbocycles. The van der Waals surface area contributed by atoms with Gasteiger partial charge in [-0.1, -0.05) is 18.2 Å². The summed E-state index contributed by atoms with van der Waals surface area (Å²) in [4.78, 5) is 25.2. The van der Waals surface area contributed by atoms with Crippen LogP contribution >= 0.6 is 0 Å². The molecule has 1 heterocycles. The zero-order chi connectivity index (χ0) is 14.5. The van der Waals surface area contributed by atoms with Crippen molar-refractivity contribution in [3.8, 4) is 0 Å². The molecular formula is C15H21N3O2. The predicted octanol–water partition coefficient (Wildman–Crippen LogP) is 1.13. The van der Waals surface area contributed by atoms with Crippen LogP contribution in [0.5, 0.6) is 0 Å². The number of nitrogens with two attached hydrogens (primary N) is 1. The van der Waals surface area contributed by atoms with Crippen LogP contribution in [-0.2, 0) is 9.59 Å². The highest BCUT2D eigenvalue weighted by Crippen LogP contribution is 2.17. The molecular weight excluding hydrogens is 254 g/mol. The number of primary amides is 1. The molecule has 0 aliphatic carbocycles. The standard InChI is InChI=1S/C15H21N3O2/c1-11-5-2-3-7-13(11)17-14(19)10-18-8-4-6-12(9-18)15(16)20/h2-3,5,7,12H,4,6,8-10H2,1H3,(H2,16,20)(H,17,19)/t12-/m0/s1. The molecule has 0 unspecified atom stereocenters. The molecule has 20 heavy (non-hydrogen) atoms. The number of amides is 2. The Kier molecular flexibility index (Phi) is 4.74. The van der Waals surface area contributed by atoms with Crippen LogP contribution in [0.4, 0.5) is 5.69 Å². The Morgan fingerprint density at radius 2 is 2.15 bits per heavy atom. The molecule has 0 aromatic heterocycles. The summed E-state index contributed by atoms with van der Waals surface area (Å²) in [6.07, 6.45) is 1.73. The highest BCUT2D eigenvalue weighted by molar-refractivity contribution is 5.93. The fourth-order valence-corrected chi connectivity index (χ4v) is 2.54. The predicted molar refractivity (Wildman–Crippen MR) is 78.2 cm³/mol. The van der Waals surface area contributed by atoms with Crippen LogP contribution in [0.1, 0.15) is 18.4 Å². The third-order valence-corrected chi connectivity index (χ3v) is 3.69. The van der Waals surface area contributed by atoms with E-state index in [1.807, 2.05) is 36.1 Å². The molecule has 0 spiro atoms. The summed E-state index contributed by atoms with van der Waals surface area (Å²) in [5.74, 6) is -0.451. The molecule has 0 bridgehead atoms.